The lowest BCUT2D eigenvalue weighted by atomic mass is 10.2. The second-order valence-electron chi connectivity index (χ2n) is 14.5. The number of nitrogens with one attached hydrogen (secondary N) is 1. The first-order valence-electron chi connectivity index (χ1n) is 19.8. The molecule has 0 spiro atoms. The number of halogens is 3. The van der Waals surface area contributed by atoms with E-state index in [4.69, 9.17) is 22.1 Å². The van der Waals surface area contributed by atoms with Gasteiger partial charge >= 0.3 is 11.5 Å². The first-order chi connectivity index (χ1) is 31.4. The van der Waals surface area contributed by atoms with Gasteiger partial charge in [0, 0.05) is 59.6 Å². The summed E-state index contributed by atoms with van der Waals surface area (Å²) in [5.41, 5.74) is 11.6. The Bertz CT molecular complexity index is 2880. The van der Waals surface area contributed by atoms with E-state index in [0.29, 0.717) is 55.1 Å². The molecule has 0 saturated carbocycles. The number of amides is 1. The average molecular weight is 905 g/mol. The molecule has 0 unspecified atom stereocenters. The summed E-state index contributed by atoms with van der Waals surface area (Å²) in [6.07, 6.45) is 2.95. The highest BCUT2D eigenvalue weighted by Crippen LogP contribution is 2.28. The molecular weight excluding hydrogens is 866 g/mol. The summed E-state index contributed by atoms with van der Waals surface area (Å²) in [4.78, 5) is 28.9. The molecule has 0 atom stereocenters. The number of anilines is 4. The van der Waals surface area contributed by atoms with Gasteiger partial charge in [0.05, 0.1) is 38.6 Å². The Hall–Kier alpha value is -8.27. The van der Waals surface area contributed by atoms with Crippen molar-refractivity contribution < 1.29 is 27.8 Å². The van der Waals surface area contributed by atoms with Crippen LogP contribution in [0.2, 0.25) is 0 Å². The number of hydrogen-bond donors (Lipinski definition) is 2. The van der Waals surface area contributed by atoms with Gasteiger partial charge in [-0.2, -0.15) is 19.8 Å². The highest BCUT2D eigenvalue weighted by Gasteiger charge is 2.28. The highest BCUT2D eigenvalue weighted by molar-refractivity contribution is 6.61. The third kappa shape index (κ3) is 10.9. The van der Waals surface area contributed by atoms with Crippen LogP contribution in [-0.2, 0) is 63.0 Å². The maximum atomic E-state index is 14.7. The lowest BCUT2D eigenvalue weighted by Gasteiger charge is -2.12. The van der Waals surface area contributed by atoms with Crippen LogP contribution in [0.1, 0.15) is 33.6 Å². The van der Waals surface area contributed by atoms with Crippen LogP contribution in [0.4, 0.5) is 41.6 Å². The first-order valence-corrected chi connectivity index (χ1v) is 20.1. The lowest BCUT2D eigenvalue weighted by Crippen LogP contribution is -2.17. The topological polar surface area (TPSA) is 220 Å². The predicted octanol–water partition coefficient (Wildman–Crippen LogP) is 6.00. The Labute approximate surface area is 373 Å². The molecule has 23 heteroatoms. The monoisotopic (exact) mass is 904 g/mol. The smallest absolute Gasteiger partial charge is 0.411 e. The van der Waals surface area contributed by atoms with E-state index >= 15 is 0 Å². The average Bonchev–Trinajstić information content (AvgIpc) is 4.15. The Balaban J connectivity index is 0.000000150. The molecule has 20 nitrogen and oxygen atoms in total. The molecular formula is C42H39ClF2N16O4. The number of carbonyl (C=O) groups excluding carboxylic acids is 2. The Morgan fingerprint density at radius 2 is 1.15 bits per heavy atom. The molecule has 0 bridgehead atoms. The number of nitrogens with zero attached hydrogens (tertiary/aromatic N) is 14. The Kier molecular flexibility index (Phi) is 13.0. The molecule has 4 aromatic heterocycles. The van der Waals surface area contributed by atoms with Crippen molar-refractivity contribution in [2.75, 3.05) is 20.9 Å². The summed E-state index contributed by atoms with van der Waals surface area (Å²) in [6, 6.07) is 27.6. The van der Waals surface area contributed by atoms with Crippen LogP contribution in [0.15, 0.2) is 109 Å². The Morgan fingerprint density at radius 3 is 1.60 bits per heavy atom. The molecule has 2 aliphatic rings. The van der Waals surface area contributed by atoms with Crippen molar-refractivity contribution in [3.8, 4) is 11.4 Å². The van der Waals surface area contributed by atoms with E-state index in [2.05, 4.69) is 51.1 Å². The molecule has 0 aliphatic carbocycles. The van der Waals surface area contributed by atoms with Gasteiger partial charge in [0.2, 0.25) is 0 Å². The number of carbonyl (C=O) groups is 2. The van der Waals surface area contributed by atoms with Gasteiger partial charge in [-0.3, -0.25) is 5.32 Å². The van der Waals surface area contributed by atoms with Crippen LogP contribution >= 0.6 is 11.6 Å². The van der Waals surface area contributed by atoms with Crippen molar-refractivity contribution in [3.63, 3.8) is 0 Å². The summed E-state index contributed by atoms with van der Waals surface area (Å²) in [5, 5.41) is 35.5. The number of hydrogen-bond acceptors (Lipinski definition) is 15. The predicted molar refractivity (Wildman–Crippen MR) is 232 cm³/mol. The van der Waals surface area contributed by atoms with Crippen LogP contribution in [0, 0.1) is 11.6 Å². The number of fused-ring (bicyclic) bond motifs is 2. The third-order valence-electron chi connectivity index (χ3n) is 9.79. The van der Waals surface area contributed by atoms with E-state index in [1.54, 1.807) is 49.2 Å². The molecule has 8 aromatic rings. The standard InChI is InChI=1S/C21H19FN8O2.C13H13FN8.C8H7ClO2/c1-28-26-20(24-27-28)29-10-15-11-30(25-18(15)12-29)19-8-7-16(9-17(19)22)23-21(31)32-13-14-5-3-2-4-6-14;1-20-18-13(16-19-20)21-5-8-6-22(17-11(8)7-21)12-3-2-9(15)4-10(12)14;9-8(10)11-6-7-4-2-1-3-5-7/h2-9,11H,10,12-13H2,1H3,(H,23,31);2-4,6H,5,7,15H2,1H3;1-5H,6H2. The van der Waals surface area contributed by atoms with Gasteiger partial charge in [-0.15, -0.1) is 10.2 Å². The minimum absolute atomic E-state index is 0.132. The van der Waals surface area contributed by atoms with Crippen LogP contribution in [0.5, 0.6) is 0 Å². The number of ether oxygens (including phenoxy) is 2. The molecule has 0 fully saturated rings. The normalized spacial score (nSPS) is 12.4. The summed E-state index contributed by atoms with van der Waals surface area (Å²) in [6.45, 7) is 2.65. The van der Waals surface area contributed by atoms with Crippen LogP contribution in [0.3, 0.4) is 0 Å². The molecule has 0 radical (unpaired) electrons. The maximum absolute atomic E-state index is 14.7. The van der Waals surface area contributed by atoms with Crippen molar-refractivity contribution in [1.29, 1.82) is 0 Å². The summed E-state index contributed by atoms with van der Waals surface area (Å²) >= 11 is 4.97. The van der Waals surface area contributed by atoms with E-state index in [9.17, 15) is 18.4 Å². The molecule has 65 heavy (non-hydrogen) atoms. The van der Waals surface area contributed by atoms with E-state index in [0.717, 1.165) is 33.6 Å². The van der Waals surface area contributed by atoms with Crippen molar-refractivity contribution in [2.24, 2.45) is 14.1 Å². The molecule has 10 rings (SSSR count). The zero-order valence-corrected chi connectivity index (χ0v) is 35.5. The fourth-order valence-electron chi connectivity index (χ4n) is 6.71. The first kappa shape index (κ1) is 43.4. The molecule has 3 N–H and O–H groups in total. The van der Waals surface area contributed by atoms with Crippen LogP contribution in [0.25, 0.3) is 11.4 Å². The number of aromatic nitrogens is 12. The van der Waals surface area contributed by atoms with Crippen LogP contribution in [-0.4, -0.2) is 71.5 Å². The number of aryl methyl sites for hydroxylation is 2. The minimum Gasteiger partial charge on any atom is -0.449 e. The third-order valence-corrected chi connectivity index (χ3v) is 9.90. The zero-order valence-electron chi connectivity index (χ0n) is 34.7. The van der Waals surface area contributed by atoms with Crippen molar-refractivity contribution in [3.05, 3.63) is 155 Å². The number of nitrogens with two attached hydrogens (primary N) is 1. The van der Waals surface area contributed by atoms with E-state index in [-0.39, 0.29) is 18.9 Å². The second kappa shape index (κ2) is 19.4. The molecule has 4 aromatic carbocycles. The molecule has 0 saturated heterocycles. The van der Waals surface area contributed by atoms with Gasteiger partial charge in [0.15, 0.2) is 11.6 Å². The Morgan fingerprint density at radius 1 is 0.662 bits per heavy atom. The summed E-state index contributed by atoms with van der Waals surface area (Å²) < 4.78 is 41.5. The van der Waals surface area contributed by atoms with E-state index in [1.165, 1.54) is 26.4 Å². The molecule has 2 aliphatic heterocycles. The van der Waals surface area contributed by atoms with Gasteiger partial charge < -0.3 is 25.0 Å². The SMILES string of the molecule is Cn1nnc(N2Cc3cn(-c4ccc(N)cc4F)nc3C2)n1.Cn1nnc(N2Cc3cn(-c4ccc(NC(=O)OCc5ccccc5)cc4F)nc3C2)n1.O=C(Cl)OCc1ccccc1. The fraction of sp³-hybridized carbons (Fsp3) is 0.190. The van der Waals surface area contributed by atoms with Gasteiger partial charge in [0.1, 0.15) is 24.6 Å². The minimum atomic E-state index is -0.770. The second-order valence-corrected chi connectivity index (χ2v) is 14.8. The van der Waals surface area contributed by atoms with Gasteiger partial charge in [-0.25, -0.2) is 27.7 Å². The lowest BCUT2D eigenvalue weighted by molar-refractivity contribution is 0.155. The zero-order chi connectivity index (χ0) is 45.5. The van der Waals surface area contributed by atoms with E-state index in [1.807, 2.05) is 76.7 Å². The van der Waals surface area contributed by atoms with Crippen molar-refractivity contribution >= 4 is 46.4 Å². The van der Waals surface area contributed by atoms with Gasteiger partial charge in [-0.1, -0.05) is 70.9 Å². The quantitative estimate of drug-likeness (QED) is 0.125. The number of rotatable bonds is 9. The number of benzene rings is 4. The van der Waals surface area contributed by atoms with Crippen LogP contribution < -0.4 is 20.9 Å². The number of tetrazole rings is 2. The van der Waals surface area contributed by atoms with Gasteiger partial charge in [-0.05, 0) is 58.0 Å². The molecule has 332 valence electrons. The van der Waals surface area contributed by atoms with Crippen molar-refractivity contribution in [2.45, 2.75) is 39.4 Å². The number of nitrogen functional groups attached to an aromatic ring is 1. The van der Waals surface area contributed by atoms with Crippen molar-refractivity contribution in [1.82, 2.24) is 60.0 Å². The highest BCUT2D eigenvalue weighted by atomic mass is 35.5. The largest absolute Gasteiger partial charge is 0.449 e. The maximum Gasteiger partial charge on any atom is 0.411 e. The summed E-state index contributed by atoms with van der Waals surface area (Å²) in [5.74, 6) is 0.177. The fourth-order valence-corrected chi connectivity index (χ4v) is 6.76. The molecule has 6 heterocycles. The molecule has 1 amide bonds. The van der Waals surface area contributed by atoms with Gasteiger partial charge in [0.25, 0.3) is 11.9 Å². The van der Waals surface area contributed by atoms with E-state index < -0.39 is 23.2 Å². The summed E-state index contributed by atoms with van der Waals surface area (Å²) in [7, 11) is 3.42.